The highest BCUT2D eigenvalue weighted by molar-refractivity contribution is 7.89. The summed E-state index contributed by atoms with van der Waals surface area (Å²) in [5.74, 6) is 5.75. The minimum atomic E-state index is -3.69. The highest BCUT2D eigenvalue weighted by atomic mass is 32.2. The van der Waals surface area contributed by atoms with Crippen LogP contribution < -0.4 is 5.14 Å². The van der Waals surface area contributed by atoms with Gasteiger partial charge in [0, 0.05) is 23.5 Å². The molecule has 0 aliphatic heterocycles. The minimum absolute atomic E-state index is 0.0560. The molecule has 2 aromatic rings. The zero-order chi connectivity index (χ0) is 13.0. The lowest BCUT2D eigenvalue weighted by molar-refractivity contribution is 0.598. The smallest absolute Gasteiger partial charge is 0.238 e. The largest absolute Gasteiger partial charge is 0.263 e. The Morgan fingerprint density at radius 1 is 1.06 bits per heavy atom. The van der Waals surface area contributed by atoms with Crippen LogP contribution in [0.1, 0.15) is 11.1 Å². The van der Waals surface area contributed by atoms with Crippen LogP contribution in [0.15, 0.2) is 53.7 Å². The molecule has 18 heavy (non-hydrogen) atoms. The molecule has 0 atom stereocenters. The monoisotopic (exact) mass is 258 g/mol. The Balaban J connectivity index is 2.35. The molecular formula is C13H10N2O2S. The number of rotatable bonds is 1. The number of primary sulfonamides is 1. The van der Waals surface area contributed by atoms with Gasteiger partial charge in [0.15, 0.2) is 0 Å². The van der Waals surface area contributed by atoms with E-state index < -0.39 is 10.0 Å². The Morgan fingerprint density at radius 2 is 1.78 bits per heavy atom. The number of hydrogen-bond donors (Lipinski definition) is 1. The molecule has 0 aliphatic rings. The fourth-order valence-corrected chi connectivity index (χ4v) is 1.89. The van der Waals surface area contributed by atoms with E-state index in [9.17, 15) is 8.42 Å². The standard InChI is InChI=1S/C13H10N2O2S/c14-18(16,17)13-5-1-3-11(9-13)6-7-12-4-2-8-15-10-12/h1-5,8-10H,(H2,14,16,17). The van der Waals surface area contributed by atoms with E-state index in [0.717, 1.165) is 5.56 Å². The van der Waals surface area contributed by atoms with Gasteiger partial charge in [-0.05, 0) is 30.3 Å². The molecule has 1 aromatic carbocycles. The lowest BCUT2D eigenvalue weighted by Crippen LogP contribution is -2.11. The van der Waals surface area contributed by atoms with Gasteiger partial charge in [-0.3, -0.25) is 4.98 Å². The first-order chi connectivity index (χ1) is 8.55. The summed E-state index contributed by atoms with van der Waals surface area (Å²) in [5.41, 5.74) is 1.35. The van der Waals surface area contributed by atoms with Gasteiger partial charge in [-0.2, -0.15) is 0 Å². The molecule has 0 saturated carbocycles. The molecule has 4 nitrogen and oxygen atoms in total. The molecule has 0 fully saturated rings. The van der Waals surface area contributed by atoms with Gasteiger partial charge < -0.3 is 0 Å². The van der Waals surface area contributed by atoms with Gasteiger partial charge >= 0.3 is 0 Å². The zero-order valence-corrected chi connectivity index (χ0v) is 10.2. The molecule has 2 rings (SSSR count). The number of nitrogens with two attached hydrogens (primary N) is 1. The summed E-state index contributed by atoms with van der Waals surface area (Å²) in [6, 6.07) is 9.81. The van der Waals surface area contributed by atoms with Gasteiger partial charge in [-0.25, -0.2) is 13.6 Å². The summed E-state index contributed by atoms with van der Waals surface area (Å²) < 4.78 is 22.4. The zero-order valence-electron chi connectivity index (χ0n) is 9.37. The molecule has 0 amide bonds. The molecular weight excluding hydrogens is 248 g/mol. The van der Waals surface area contributed by atoms with Crippen molar-refractivity contribution < 1.29 is 8.42 Å². The maximum Gasteiger partial charge on any atom is 0.238 e. The summed E-state index contributed by atoms with van der Waals surface area (Å²) in [4.78, 5) is 3.99. The number of sulfonamides is 1. The molecule has 1 heterocycles. The summed E-state index contributed by atoms with van der Waals surface area (Å²) in [6.45, 7) is 0. The normalized spacial score (nSPS) is 10.5. The van der Waals surface area contributed by atoms with Crippen molar-refractivity contribution in [2.45, 2.75) is 4.90 Å². The number of hydrogen-bond acceptors (Lipinski definition) is 3. The van der Waals surface area contributed by atoms with E-state index in [0.29, 0.717) is 5.56 Å². The second-order valence-electron chi connectivity index (χ2n) is 3.56. The SMILES string of the molecule is NS(=O)(=O)c1cccc(C#Cc2cccnc2)c1. The highest BCUT2D eigenvalue weighted by Crippen LogP contribution is 2.08. The van der Waals surface area contributed by atoms with Crippen LogP contribution >= 0.6 is 0 Å². The lowest BCUT2D eigenvalue weighted by Gasteiger charge is -1.97. The van der Waals surface area contributed by atoms with E-state index in [2.05, 4.69) is 16.8 Å². The number of benzene rings is 1. The van der Waals surface area contributed by atoms with Crippen LogP contribution in [0.3, 0.4) is 0 Å². The molecule has 0 aliphatic carbocycles. The van der Waals surface area contributed by atoms with Crippen LogP contribution in [0, 0.1) is 11.8 Å². The van der Waals surface area contributed by atoms with Crippen molar-refractivity contribution in [3.05, 3.63) is 59.9 Å². The molecule has 90 valence electrons. The molecule has 0 saturated heterocycles. The molecule has 0 spiro atoms. The fraction of sp³-hybridized carbons (Fsp3) is 0. The topological polar surface area (TPSA) is 73.1 Å². The van der Waals surface area contributed by atoms with Crippen molar-refractivity contribution in [3.8, 4) is 11.8 Å². The molecule has 0 bridgehead atoms. The van der Waals surface area contributed by atoms with Crippen molar-refractivity contribution in [2.24, 2.45) is 5.14 Å². The van der Waals surface area contributed by atoms with E-state index in [1.807, 2.05) is 6.07 Å². The Kier molecular flexibility index (Phi) is 3.42. The Morgan fingerprint density at radius 3 is 2.44 bits per heavy atom. The van der Waals surface area contributed by atoms with Crippen LogP contribution in [0.2, 0.25) is 0 Å². The first-order valence-electron chi connectivity index (χ1n) is 5.10. The van der Waals surface area contributed by atoms with Crippen molar-refractivity contribution in [2.75, 3.05) is 0 Å². The van der Waals surface area contributed by atoms with Crippen molar-refractivity contribution in [1.29, 1.82) is 0 Å². The highest BCUT2D eigenvalue weighted by Gasteiger charge is 2.06. The Bertz CT molecular complexity index is 713. The number of nitrogens with zero attached hydrogens (tertiary/aromatic N) is 1. The predicted octanol–water partition coefficient (Wildman–Crippen LogP) is 1.13. The molecule has 0 radical (unpaired) electrons. The van der Waals surface area contributed by atoms with Gasteiger partial charge in [0.05, 0.1) is 4.90 Å². The van der Waals surface area contributed by atoms with Gasteiger partial charge in [-0.1, -0.05) is 17.9 Å². The summed E-state index contributed by atoms with van der Waals surface area (Å²) in [5, 5.41) is 5.05. The van der Waals surface area contributed by atoms with E-state index in [1.165, 1.54) is 12.1 Å². The van der Waals surface area contributed by atoms with Crippen LogP contribution in [0.5, 0.6) is 0 Å². The van der Waals surface area contributed by atoms with E-state index >= 15 is 0 Å². The number of pyridine rings is 1. The van der Waals surface area contributed by atoms with E-state index in [4.69, 9.17) is 5.14 Å². The van der Waals surface area contributed by atoms with Crippen molar-refractivity contribution in [1.82, 2.24) is 4.98 Å². The maximum atomic E-state index is 11.2. The molecule has 0 unspecified atom stereocenters. The predicted molar refractivity (Wildman–Crippen MR) is 68.0 cm³/mol. The van der Waals surface area contributed by atoms with Crippen LogP contribution in [0.4, 0.5) is 0 Å². The minimum Gasteiger partial charge on any atom is -0.263 e. The third kappa shape index (κ3) is 3.17. The second-order valence-corrected chi connectivity index (χ2v) is 5.13. The first kappa shape index (κ1) is 12.3. The summed E-state index contributed by atoms with van der Waals surface area (Å²) >= 11 is 0. The fourth-order valence-electron chi connectivity index (χ4n) is 1.33. The average Bonchev–Trinajstić information content (AvgIpc) is 2.37. The average molecular weight is 258 g/mol. The van der Waals surface area contributed by atoms with Crippen molar-refractivity contribution >= 4 is 10.0 Å². The van der Waals surface area contributed by atoms with E-state index in [-0.39, 0.29) is 4.90 Å². The van der Waals surface area contributed by atoms with Gasteiger partial charge in [0.2, 0.25) is 10.0 Å². The van der Waals surface area contributed by atoms with Crippen LogP contribution in [0.25, 0.3) is 0 Å². The maximum absolute atomic E-state index is 11.2. The van der Waals surface area contributed by atoms with Gasteiger partial charge in [0.25, 0.3) is 0 Å². The Labute approximate surface area is 106 Å². The van der Waals surface area contributed by atoms with Gasteiger partial charge in [-0.15, -0.1) is 0 Å². The van der Waals surface area contributed by atoms with Crippen molar-refractivity contribution in [3.63, 3.8) is 0 Å². The van der Waals surface area contributed by atoms with Crippen LogP contribution in [-0.4, -0.2) is 13.4 Å². The van der Waals surface area contributed by atoms with Gasteiger partial charge in [0.1, 0.15) is 0 Å². The summed E-state index contributed by atoms with van der Waals surface area (Å²) in [7, 11) is -3.69. The van der Waals surface area contributed by atoms with Crippen LogP contribution in [-0.2, 0) is 10.0 Å². The van der Waals surface area contributed by atoms with E-state index in [1.54, 1.807) is 30.6 Å². The Hall–Kier alpha value is -2.16. The lowest BCUT2D eigenvalue weighted by atomic mass is 10.2. The second kappa shape index (κ2) is 5.00. The third-order valence-corrected chi connectivity index (χ3v) is 3.09. The molecule has 1 aromatic heterocycles. The molecule has 5 heteroatoms. The first-order valence-corrected chi connectivity index (χ1v) is 6.65. The number of aromatic nitrogens is 1. The molecule has 2 N–H and O–H groups in total. The third-order valence-electron chi connectivity index (χ3n) is 2.18. The quantitative estimate of drug-likeness (QED) is 0.779. The summed E-state index contributed by atoms with van der Waals surface area (Å²) in [6.07, 6.45) is 3.29.